The molecule has 0 saturated carbocycles. The lowest BCUT2D eigenvalue weighted by molar-refractivity contribution is -0.121. The minimum absolute atomic E-state index is 0.00757. The number of rotatable bonds is 4. The Labute approximate surface area is 199 Å². The Balaban J connectivity index is 1.24. The molecule has 176 valence electrons. The summed E-state index contributed by atoms with van der Waals surface area (Å²) in [6.07, 6.45) is 4.60. The summed E-state index contributed by atoms with van der Waals surface area (Å²) in [7, 11) is 0. The topological polar surface area (TPSA) is 52.7 Å². The van der Waals surface area contributed by atoms with E-state index in [2.05, 4.69) is 10.2 Å². The van der Waals surface area contributed by atoms with Crippen LogP contribution in [0.25, 0.3) is 10.8 Å². The molecule has 0 radical (unpaired) electrons. The number of halogens is 1. The monoisotopic (exact) mass is 459 g/mol. The fourth-order valence-corrected chi connectivity index (χ4v) is 5.18. The Kier molecular flexibility index (Phi) is 6.48. The molecule has 6 heteroatoms. The summed E-state index contributed by atoms with van der Waals surface area (Å²) >= 11 is 0. The second kappa shape index (κ2) is 9.84. The van der Waals surface area contributed by atoms with Crippen LogP contribution in [0.15, 0.2) is 60.7 Å². The van der Waals surface area contributed by atoms with Crippen LogP contribution in [0.1, 0.15) is 42.5 Å². The maximum Gasteiger partial charge on any atom is 0.254 e. The van der Waals surface area contributed by atoms with E-state index < -0.39 is 0 Å². The van der Waals surface area contributed by atoms with Gasteiger partial charge in [0.05, 0.1) is 11.4 Å². The highest BCUT2D eigenvalue weighted by molar-refractivity contribution is 6.07. The predicted octanol–water partition coefficient (Wildman–Crippen LogP) is 5.46. The van der Waals surface area contributed by atoms with Gasteiger partial charge in [0.25, 0.3) is 5.91 Å². The molecule has 0 aliphatic carbocycles. The lowest BCUT2D eigenvalue weighted by Gasteiger charge is -2.33. The van der Waals surface area contributed by atoms with Crippen molar-refractivity contribution < 1.29 is 14.0 Å². The van der Waals surface area contributed by atoms with Gasteiger partial charge < -0.3 is 15.1 Å². The maximum absolute atomic E-state index is 14.0. The van der Waals surface area contributed by atoms with Crippen molar-refractivity contribution in [2.75, 3.05) is 36.4 Å². The van der Waals surface area contributed by atoms with Crippen molar-refractivity contribution in [1.29, 1.82) is 0 Å². The van der Waals surface area contributed by atoms with Crippen LogP contribution < -0.4 is 10.2 Å². The van der Waals surface area contributed by atoms with Gasteiger partial charge in [0, 0.05) is 37.7 Å². The first-order chi connectivity index (χ1) is 16.6. The highest BCUT2D eigenvalue weighted by Gasteiger charge is 2.29. The number of carbonyl (C=O) groups is 2. The van der Waals surface area contributed by atoms with Crippen molar-refractivity contribution in [2.24, 2.45) is 5.92 Å². The molecule has 2 aliphatic rings. The second-order valence-corrected chi connectivity index (χ2v) is 9.29. The highest BCUT2D eigenvalue weighted by Crippen LogP contribution is 2.31. The number of likely N-dealkylation sites (tertiary alicyclic amines) is 1. The zero-order chi connectivity index (χ0) is 23.5. The van der Waals surface area contributed by atoms with E-state index in [9.17, 15) is 14.0 Å². The van der Waals surface area contributed by atoms with E-state index in [0.717, 1.165) is 42.4 Å². The van der Waals surface area contributed by atoms with Gasteiger partial charge in [-0.05, 0) is 67.1 Å². The lowest BCUT2D eigenvalue weighted by atomic mass is 9.94. The van der Waals surface area contributed by atoms with Crippen molar-refractivity contribution in [2.45, 2.75) is 32.1 Å². The maximum atomic E-state index is 14.0. The summed E-state index contributed by atoms with van der Waals surface area (Å²) in [4.78, 5) is 30.4. The van der Waals surface area contributed by atoms with Crippen molar-refractivity contribution in [1.82, 2.24) is 4.90 Å². The van der Waals surface area contributed by atoms with E-state index in [1.54, 1.807) is 6.07 Å². The van der Waals surface area contributed by atoms with Crippen molar-refractivity contribution in [3.8, 4) is 0 Å². The number of carbonyl (C=O) groups excluding carboxylic acids is 2. The lowest BCUT2D eigenvalue weighted by Crippen LogP contribution is -2.41. The largest absolute Gasteiger partial charge is 0.370 e. The molecule has 0 atom stereocenters. The number of benzene rings is 3. The number of piperidine rings is 2. The number of hydrogen-bond donors (Lipinski definition) is 1. The number of hydrogen-bond acceptors (Lipinski definition) is 3. The van der Waals surface area contributed by atoms with Gasteiger partial charge in [0.1, 0.15) is 5.82 Å². The van der Waals surface area contributed by atoms with E-state index in [1.165, 1.54) is 18.6 Å². The Morgan fingerprint density at radius 1 is 0.853 bits per heavy atom. The molecule has 0 unspecified atom stereocenters. The number of nitrogens with one attached hydrogen (secondary N) is 1. The van der Waals surface area contributed by atoms with Gasteiger partial charge in [-0.1, -0.05) is 36.4 Å². The summed E-state index contributed by atoms with van der Waals surface area (Å²) in [5.74, 6) is -0.644. The third kappa shape index (κ3) is 4.63. The Bertz CT molecular complexity index is 1190. The standard InChI is InChI=1S/C28H30FN3O2/c29-22-11-12-26(31-15-4-1-5-16-31)25(19-22)30-27(33)21-13-17-32(18-14-21)28(34)24-10-6-8-20-7-2-3-9-23(20)24/h2-3,6-12,19,21H,1,4-5,13-18H2,(H,30,33). The molecule has 2 amide bonds. The van der Waals surface area contributed by atoms with Crippen LogP contribution in [0.2, 0.25) is 0 Å². The molecule has 0 bridgehead atoms. The average molecular weight is 460 g/mol. The minimum atomic E-state index is -0.355. The smallest absolute Gasteiger partial charge is 0.254 e. The predicted molar refractivity (Wildman–Crippen MR) is 134 cm³/mol. The van der Waals surface area contributed by atoms with Gasteiger partial charge >= 0.3 is 0 Å². The van der Waals surface area contributed by atoms with E-state index in [1.807, 2.05) is 47.4 Å². The highest BCUT2D eigenvalue weighted by atomic mass is 19.1. The van der Waals surface area contributed by atoms with Gasteiger partial charge in [-0.25, -0.2) is 4.39 Å². The number of fused-ring (bicyclic) bond motifs is 1. The number of anilines is 2. The van der Waals surface area contributed by atoms with Crippen LogP contribution >= 0.6 is 0 Å². The van der Waals surface area contributed by atoms with E-state index in [0.29, 0.717) is 37.2 Å². The number of nitrogens with zero attached hydrogens (tertiary/aromatic N) is 2. The molecular weight excluding hydrogens is 429 g/mol. The molecule has 3 aromatic rings. The molecule has 2 aliphatic heterocycles. The summed E-state index contributed by atoms with van der Waals surface area (Å²) < 4.78 is 14.0. The number of amides is 2. The molecule has 3 aromatic carbocycles. The Morgan fingerprint density at radius 3 is 2.38 bits per heavy atom. The van der Waals surface area contributed by atoms with Gasteiger partial charge in [0.15, 0.2) is 0 Å². The zero-order valence-corrected chi connectivity index (χ0v) is 19.3. The molecule has 1 N–H and O–H groups in total. The van der Waals surface area contributed by atoms with Gasteiger partial charge in [-0.3, -0.25) is 9.59 Å². The molecular formula is C28H30FN3O2. The van der Waals surface area contributed by atoms with Crippen LogP contribution in [0.5, 0.6) is 0 Å². The van der Waals surface area contributed by atoms with Crippen LogP contribution in [-0.2, 0) is 4.79 Å². The van der Waals surface area contributed by atoms with E-state index in [4.69, 9.17) is 0 Å². The molecule has 34 heavy (non-hydrogen) atoms. The minimum Gasteiger partial charge on any atom is -0.370 e. The molecule has 5 nitrogen and oxygen atoms in total. The first-order valence-electron chi connectivity index (χ1n) is 12.2. The molecule has 2 heterocycles. The van der Waals surface area contributed by atoms with Crippen molar-refractivity contribution >= 4 is 34.0 Å². The molecule has 0 spiro atoms. The Hall–Kier alpha value is -3.41. The van der Waals surface area contributed by atoms with Crippen molar-refractivity contribution in [3.05, 3.63) is 72.0 Å². The first-order valence-corrected chi connectivity index (χ1v) is 12.2. The van der Waals surface area contributed by atoms with Gasteiger partial charge in [0.2, 0.25) is 5.91 Å². The van der Waals surface area contributed by atoms with Crippen LogP contribution in [0.4, 0.5) is 15.8 Å². The SMILES string of the molecule is O=C(Nc1cc(F)ccc1N1CCCCC1)C1CCN(C(=O)c2cccc3ccccc23)CC1. The van der Waals surface area contributed by atoms with E-state index >= 15 is 0 Å². The summed E-state index contributed by atoms with van der Waals surface area (Å²) in [6, 6.07) is 18.3. The molecule has 5 rings (SSSR count). The van der Waals surface area contributed by atoms with Gasteiger partial charge in [-0.2, -0.15) is 0 Å². The zero-order valence-electron chi connectivity index (χ0n) is 19.3. The third-order valence-corrected chi connectivity index (χ3v) is 7.09. The Morgan fingerprint density at radius 2 is 1.59 bits per heavy atom. The second-order valence-electron chi connectivity index (χ2n) is 9.29. The quantitative estimate of drug-likeness (QED) is 0.564. The van der Waals surface area contributed by atoms with Crippen LogP contribution in [0.3, 0.4) is 0 Å². The molecule has 2 fully saturated rings. The summed E-state index contributed by atoms with van der Waals surface area (Å²) in [6.45, 7) is 2.90. The van der Waals surface area contributed by atoms with E-state index in [-0.39, 0.29) is 23.5 Å². The van der Waals surface area contributed by atoms with Crippen molar-refractivity contribution in [3.63, 3.8) is 0 Å². The van der Waals surface area contributed by atoms with Crippen LogP contribution in [0, 0.1) is 11.7 Å². The fraction of sp³-hybridized carbons (Fsp3) is 0.357. The molecule has 0 aromatic heterocycles. The first kappa shape index (κ1) is 22.4. The fourth-order valence-electron chi connectivity index (χ4n) is 5.18. The molecule has 2 saturated heterocycles. The summed E-state index contributed by atoms with van der Waals surface area (Å²) in [5.41, 5.74) is 2.13. The summed E-state index contributed by atoms with van der Waals surface area (Å²) in [5, 5.41) is 4.99. The average Bonchev–Trinajstić information content (AvgIpc) is 2.88. The van der Waals surface area contributed by atoms with Crippen LogP contribution in [-0.4, -0.2) is 42.9 Å². The van der Waals surface area contributed by atoms with Gasteiger partial charge in [-0.15, -0.1) is 0 Å². The third-order valence-electron chi connectivity index (χ3n) is 7.09. The normalized spacial score (nSPS) is 17.1.